The van der Waals surface area contributed by atoms with E-state index in [4.69, 9.17) is 16.3 Å². The minimum atomic E-state index is -0.506. The summed E-state index contributed by atoms with van der Waals surface area (Å²) in [6.45, 7) is 4.91. The number of rotatable bonds is 1. The van der Waals surface area contributed by atoms with Gasteiger partial charge in [0.25, 0.3) is 0 Å². The number of halogens is 2. The van der Waals surface area contributed by atoms with Crippen LogP contribution in [0.3, 0.4) is 0 Å². The van der Waals surface area contributed by atoms with E-state index < -0.39 is 5.82 Å². The molecule has 1 aromatic rings. The van der Waals surface area contributed by atoms with Gasteiger partial charge in [-0.3, -0.25) is 0 Å². The molecule has 1 fully saturated rings. The molecule has 0 aliphatic carbocycles. The molecule has 1 heterocycles. The van der Waals surface area contributed by atoms with Gasteiger partial charge in [-0.1, -0.05) is 11.6 Å². The summed E-state index contributed by atoms with van der Waals surface area (Å²) in [4.78, 5) is 13.8. The van der Waals surface area contributed by atoms with E-state index in [9.17, 15) is 9.18 Å². The van der Waals surface area contributed by atoms with Crippen LogP contribution in [0.4, 0.5) is 14.9 Å². The standard InChI is InChI=1S/C13H16ClFN2O2/c1-8-6-17(7-9(2)19-8)13(18)16-10-3-4-12(15)11(14)5-10/h3-5,8-9H,6-7H2,1-2H3,(H,16,18)/t8-,9-/m1/s1. The Morgan fingerprint density at radius 1 is 1.42 bits per heavy atom. The summed E-state index contributed by atoms with van der Waals surface area (Å²) in [5, 5.41) is 2.69. The second-order valence-corrected chi connectivity index (χ2v) is 5.13. The fourth-order valence-electron chi connectivity index (χ4n) is 2.12. The second-order valence-electron chi connectivity index (χ2n) is 4.72. The molecule has 6 heteroatoms. The van der Waals surface area contributed by atoms with E-state index in [2.05, 4.69) is 5.32 Å². The van der Waals surface area contributed by atoms with Gasteiger partial charge in [-0.15, -0.1) is 0 Å². The van der Waals surface area contributed by atoms with Crippen LogP contribution >= 0.6 is 11.6 Å². The lowest BCUT2D eigenvalue weighted by molar-refractivity contribution is -0.0530. The number of hydrogen-bond donors (Lipinski definition) is 1. The maximum Gasteiger partial charge on any atom is 0.322 e. The number of ether oxygens (including phenoxy) is 1. The van der Waals surface area contributed by atoms with Gasteiger partial charge in [0.2, 0.25) is 0 Å². The van der Waals surface area contributed by atoms with Gasteiger partial charge in [-0.2, -0.15) is 0 Å². The number of morpholine rings is 1. The fraction of sp³-hybridized carbons (Fsp3) is 0.462. The minimum absolute atomic E-state index is 0.00584. The number of nitrogens with zero attached hydrogens (tertiary/aromatic N) is 1. The molecule has 0 saturated carbocycles. The zero-order valence-corrected chi connectivity index (χ0v) is 11.6. The molecule has 4 nitrogen and oxygen atoms in total. The van der Waals surface area contributed by atoms with Crippen molar-refractivity contribution < 1.29 is 13.9 Å². The minimum Gasteiger partial charge on any atom is -0.372 e. The average Bonchev–Trinajstić information content (AvgIpc) is 2.32. The predicted octanol–water partition coefficient (Wildman–Crippen LogP) is 3.12. The number of carbonyl (C=O) groups excluding carboxylic acids is 1. The van der Waals surface area contributed by atoms with Gasteiger partial charge in [0.15, 0.2) is 0 Å². The molecule has 104 valence electrons. The Morgan fingerprint density at radius 2 is 2.05 bits per heavy atom. The highest BCUT2D eigenvalue weighted by atomic mass is 35.5. The third-order valence-corrected chi connectivity index (χ3v) is 3.17. The van der Waals surface area contributed by atoms with Crippen LogP contribution < -0.4 is 5.32 Å². The molecule has 1 aliphatic heterocycles. The van der Waals surface area contributed by atoms with Crippen LogP contribution in [0.2, 0.25) is 5.02 Å². The van der Waals surface area contributed by atoms with Crippen LogP contribution in [-0.2, 0) is 4.74 Å². The first-order valence-electron chi connectivity index (χ1n) is 6.12. The number of anilines is 1. The monoisotopic (exact) mass is 286 g/mol. The molecule has 1 N–H and O–H groups in total. The number of nitrogens with one attached hydrogen (secondary N) is 1. The summed E-state index contributed by atoms with van der Waals surface area (Å²) in [5.74, 6) is -0.506. The number of hydrogen-bond acceptors (Lipinski definition) is 2. The van der Waals surface area contributed by atoms with Crippen molar-refractivity contribution in [3.8, 4) is 0 Å². The highest BCUT2D eigenvalue weighted by molar-refractivity contribution is 6.31. The van der Waals surface area contributed by atoms with E-state index in [-0.39, 0.29) is 23.3 Å². The quantitative estimate of drug-likeness (QED) is 0.862. The van der Waals surface area contributed by atoms with Crippen molar-refractivity contribution in [3.05, 3.63) is 29.0 Å². The van der Waals surface area contributed by atoms with Gasteiger partial charge in [0.05, 0.1) is 17.2 Å². The molecule has 19 heavy (non-hydrogen) atoms. The van der Waals surface area contributed by atoms with Crippen LogP contribution in [0.15, 0.2) is 18.2 Å². The molecule has 2 amide bonds. The first-order chi connectivity index (χ1) is 8.95. The fourth-order valence-corrected chi connectivity index (χ4v) is 2.30. The normalized spacial score (nSPS) is 23.3. The second kappa shape index (κ2) is 5.75. The molecule has 2 rings (SSSR count). The van der Waals surface area contributed by atoms with Crippen molar-refractivity contribution in [1.29, 1.82) is 0 Å². The molecular formula is C13H16ClFN2O2. The zero-order chi connectivity index (χ0) is 14.0. The summed E-state index contributed by atoms with van der Waals surface area (Å²) in [6, 6.07) is 3.86. The van der Waals surface area contributed by atoms with Crippen molar-refractivity contribution in [2.75, 3.05) is 18.4 Å². The van der Waals surface area contributed by atoms with E-state index in [0.717, 1.165) is 0 Å². The third-order valence-electron chi connectivity index (χ3n) is 2.88. The highest BCUT2D eigenvalue weighted by Crippen LogP contribution is 2.20. The largest absolute Gasteiger partial charge is 0.372 e. The number of benzene rings is 1. The maximum absolute atomic E-state index is 13.0. The Labute approximate surface area is 116 Å². The molecule has 0 radical (unpaired) electrons. The molecule has 0 unspecified atom stereocenters. The first-order valence-corrected chi connectivity index (χ1v) is 6.50. The van der Waals surface area contributed by atoms with Crippen molar-refractivity contribution in [1.82, 2.24) is 4.90 Å². The van der Waals surface area contributed by atoms with Crippen LogP contribution in [0, 0.1) is 5.82 Å². The van der Waals surface area contributed by atoms with E-state index in [0.29, 0.717) is 18.8 Å². The highest BCUT2D eigenvalue weighted by Gasteiger charge is 2.25. The molecule has 2 atom stereocenters. The SMILES string of the molecule is C[C@@H]1CN(C(=O)Nc2ccc(F)c(Cl)c2)C[C@@H](C)O1. The maximum atomic E-state index is 13.0. The topological polar surface area (TPSA) is 41.6 Å². The Morgan fingerprint density at radius 3 is 2.63 bits per heavy atom. The summed E-state index contributed by atoms with van der Waals surface area (Å²) in [6.07, 6.45) is 0.0117. The summed E-state index contributed by atoms with van der Waals surface area (Å²) >= 11 is 5.67. The van der Waals surface area contributed by atoms with E-state index in [1.54, 1.807) is 4.90 Å². The molecule has 1 saturated heterocycles. The average molecular weight is 287 g/mol. The molecule has 1 aliphatic rings. The van der Waals surface area contributed by atoms with E-state index in [1.165, 1.54) is 18.2 Å². The van der Waals surface area contributed by atoms with Crippen molar-refractivity contribution in [3.63, 3.8) is 0 Å². The van der Waals surface area contributed by atoms with Crippen LogP contribution in [0.1, 0.15) is 13.8 Å². The van der Waals surface area contributed by atoms with Crippen LogP contribution in [-0.4, -0.2) is 36.2 Å². The summed E-state index contributed by atoms with van der Waals surface area (Å²) in [5.41, 5.74) is 0.475. The molecule has 0 aromatic heterocycles. The van der Waals surface area contributed by atoms with Crippen LogP contribution in [0.25, 0.3) is 0 Å². The van der Waals surface area contributed by atoms with Crippen LogP contribution in [0.5, 0.6) is 0 Å². The van der Waals surface area contributed by atoms with Crippen molar-refractivity contribution in [2.24, 2.45) is 0 Å². The Bertz CT molecular complexity index is 474. The van der Waals surface area contributed by atoms with E-state index >= 15 is 0 Å². The third kappa shape index (κ3) is 3.58. The zero-order valence-electron chi connectivity index (χ0n) is 10.8. The van der Waals surface area contributed by atoms with Gasteiger partial charge < -0.3 is 15.0 Å². The number of urea groups is 1. The van der Waals surface area contributed by atoms with Gasteiger partial charge in [-0.25, -0.2) is 9.18 Å². The Kier molecular flexibility index (Phi) is 4.27. The molecule has 0 spiro atoms. The molecular weight excluding hydrogens is 271 g/mol. The summed E-state index contributed by atoms with van der Waals surface area (Å²) < 4.78 is 18.6. The van der Waals surface area contributed by atoms with Crippen molar-refractivity contribution >= 4 is 23.3 Å². The smallest absolute Gasteiger partial charge is 0.322 e. The lowest BCUT2D eigenvalue weighted by Gasteiger charge is -2.35. The molecule has 1 aromatic carbocycles. The number of amides is 2. The summed E-state index contributed by atoms with van der Waals surface area (Å²) in [7, 11) is 0. The number of carbonyl (C=O) groups is 1. The van der Waals surface area contributed by atoms with Gasteiger partial charge in [-0.05, 0) is 32.0 Å². The lowest BCUT2D eigenvalue weighted by atomic mass is 10.2. The van der Waals surface area contributed by atoms with Crippen molar-refractivity contribution in [2.45, 2.75) is 26.1 Å². The van der Waals surface area contributed by atoms with Gasteiger partial charge in [0, 0.05) is 18.8 Å². The van der Waals surface area contributed by atoms with Gasteiger partial charge >= 0.3 is 6.03 Å². The van der Waals surface area contributed by atoms with E-state index in [1.807, 2.05) is 13.8 Å². The Hall–Kier alpha value is -1.33. The first kappa shape index (κ1) is 14.1. The lowest BCUT2D eigenvalue weighted by Crippen LogP contribution is -2.49. The molecule has 0 bridgehead atoms. The predicted molar refractivity (Wildman–Crippen MR) is 72.0 cm³/mol. The Balaban J connectivity index is 2.02. The van der Waals surface area contributed by atoms with Gasteiger partial charge in [0.1, 0.15) is 5.82 Å².